The molecule has 0 aromatic carbocycles. The molecule has 6 nitrogen and oxygen atoms in total. The van der Waals surface area contributed by atoms with Crippen molar-refractivity contribution < 1.29 is 0 Å². The third kappa shape index (κ3) is 2.75. The number of nitrogens with one attached hydrogen (secondary N) is 2. The van der Waals surface area contributed by atoms with E-state index in [2.05, 4.69) is 36.2 Å². The number of nitrogens with zero attached hydrogens (tertiary/aromatic N) is 3. The molecule has 98 valence electrons. The second-order valence-electron chi connectivity index (χ2n) is 3.96. The van der Waals surface area contributed by atoms with Gasteiger partial charge in [-0.15, -0.1) is 0 Å². The lowest BCUT2D eigenvalue weighted by molar-refractivity contribution is 0.665. The number of hydrogen-bond donors (Lipinski definition) is 2. The smallest absolute Gasteiger partial charge is 0.304 e. The molecule has 8 heteroatoms. The maximum Gasteiger partial charge on any atom is 0.304 e. The summed E-state index contributed by atoms with van der Waals surface area (Å²) in [5.74, 6) is 0. The van der Waals surface area contributed by atoms with Gasteiger partial charge in [-0.05, 0) is 15.9 Å². The molecule has 0 aliphatic rings. The van der Waals surface area contributed by atoms with Gasteiger partial charge in [-0.25, -0.2) is 9.97 Å². The molecule has 0 aliphatic carbocycles. The molecule has 2 N–H and O–H groups in total. The van der Waals surface area contributed by atoms with Crippen LogP contribution in [0.25, 0.3) is 5.65 Å². The van der Waals surface area contributed by atoms with E-state index in [1.807, 2.05) is 22.2 Å². The van der Waals surface area contributed by atoms with Gasteiger partial charge in [0.05, 0.1) is 18.1 Å². The fourth-order valence-electron chi connectivity index (χ4n) is 1.77. The van der Waals surface area contributed by atoms with E-state index in [0.717, 1.165) is 21.6 Å². The standard InChI is InChI=1S/C11H10BrN5OS/c12-9-5-17-8(3-15-10(17)4-14-9)2-13-1-7-6-19-11(18)16-7/h3-6,13H,1-2H2,(H,16,18). The van der Waals surface area contributed by atoms with Crippen LogP contribution in [0.4, 0.5) is 0 Å². The zero-order valence-electron chi connectivity index (χ0n) is 9.76. The van der Waals surface area contributed by atoms with Crippen LogP contribution in [0.2, 0.25) is 0 Å². The van der Waals surface area contributed by atoms with Crippen molar-refractivity contribution >= 4 is 32.9 Å². The van der Waals surface area contributed by atoms with Crippen LogP contribution >= 0.6 is 27.3 Å². The van der Waals surface area contributed by atoms with E-state index in [-0.39, 0.29) is 4.87 Å². The monoisotopic (exact) mass is 339 g/mol. The number of rotatable bonds is 4. The van der Waals surface area contributed by atoms with Crippen molar-refractivity contribution in [1.82, 2.24) is 24.7 Å². The SMILES string of the molecule is O=c1[nH]c(CNCc2cnc3cnc(Br)cn23)cs1. The van der Waals surface area contributed by atoms with Crippen molar-refractivity contribution in [2.45, 2.75) is 13.1 Å². The molecule has 0 bridgehead atoms. The molecule has 0 saturated carbocycles. The topological polar surface area (TPSA) is 75.1 Å². The third-order valence-corrected chi connectivity index (χ3v) is 3.76. The molecule has 19 heavy (non-hydrogen) atoms. The molecule has 0 unspecified atom stereocenters. The van der Waals surface area contributed by atoms with Crippen molar-refractivity contribution in [3.8, 4) is 0 Å². The van der Waals surface area contributed by atoms with Gasteiger partial charge in [-0.1, -0.05) is 11.3 Å². The first kappa shape index (κ1) is 12.5. The van der Waals surface area contributed by atoms with Crippen LogP contribution < -0.4 is 10.2 Å². The maximum absolute atomic E-state index is 11.0. The van der Waals surface area contributed by atoms with Crippen LogP contribution in [0, 0.1) is 0 Å². The second kappa shape index (κ2) is 5.24. The fourth-order valence-corrected chi connectivity index (χ4v) is 2.66. The predicted molar refractivity (Wildman–Crippen MR) is 76.2 cm³/mol. The first-order valence-electron chi connectivity index (χ1n) is 5.57. The van der Waals surface area contributed by atoms with Gasteiger partial charge in [0.25, 0.3) is 0 Å². The molecular formula is C11H10BrN5OS. The molecule has 3 heterocycles. The van der Waals surface area contributed by atoms with E-state index in [1.165, 1.54) is 11.3 Å². The van der Waals surface area contributed by atoms with Crippen molar-refractivity contribution in [3.05, 3.63) is 49.6 Å². The van der Waals surface area contributed by atoms with Crippen molar-refractivity contribution in [2.75, 3.05) is 0 Å². The zero-order valence-corrected chi connectivity index (χ0v) is 12.2. The molecule has 0 saturated heterocycles. The summed E-state index contributed by atoms with van der Waals surface area (Å²) in [4.78, 5) is 22.1. The summed E-state index contributed by atoms with van der Waals surface area (Å²) < 4.78 is 2.74. The quantitative estimate of drug-likeness (QED) is 0.755. The summed E-state index contributed by atoms with van der Waals surface area (Å²) in [6.45, 7) is 1.29. The summed E-state index contributed by atoms with van der Waals surface area (Å²) in [6, 6.07) is 0. The average Bonchev–Trinajstić information content (AvgIpc) is 2.97. The summed E-state index contributed by atoms with van der Waals surface area (Å²) in [5, 5.41) is 5.09. The Morgan fingerprint density at radius 3 is 3.05 bits per heavy atom. The Balaban J connectivity index is 1.71. The molecule has 3 aromatic heterocycles. The molecule has 3 aromatic rings. The van der Waals surface area contributed by atoms with Crippen molar-refractivity contribution in [1.29, 1.82) is 0 Å². The van der Waals surface area contributed by atoms with E-state index < -0.39 is 0 Å². The van der Waals surface area contributed by atoms with Crippen molar-refractivity contribution in [3.63, 3.8) is 0 Å². The lowest BCUT2D eigenvalue weighted by atomic mass is 10.4. The van der Waals surface area contributed by atoms with E-state index in [1.54, 1.807) is 6.20 Å². The van der Waals surface area contributed by atoms with E-state index in [0.29, 0.717) is 13.1 Å². The average molecular weight is 340 g/mol. The first-order valence-corrected chi connectivity index (χ1v) is 7.24. The Morgan fingerprint density at radius 1 is 1.37 bits per heavy atom. The van der Waals surface area contributed by atoms with Gasteiger partial charge in [0.15, 0.2) is 5.65 Å². The molecule has 0 fully saturated rings. The predicted octanol–water partition coefficient (Wildman–Crippen LogP) is 1.53. The Morgan fingerprint density at radius 2 is 2.26 bits per heavy atom. The summed E-state index contributed by atoms with van der Waals surface area (Å²) in [6.07, 6.45) is 5.41. The summed E-state index contributed by atoms with van der Waals surface area (Å²) >= 11 is 4.51. The van der Waals surface area contributed by atoms with Gasteiger partial charge in [0.2, 0.25) is 0 Å². The normalized spacial score (nSPS) is 11.2. The van der Waals surface area contributed by atoms with E-state index >= 15 is 0 Å². The highest BCUT2D eigenvalue weighted by molar-refractivity contribution is 9.10. The Kier molecular flexibility index (Phi) is 3.45. The number of fused-ring (bicyclic) bond motifs is 1. The summed E-state index contributed by atoms with van der Waals surface area (Å²) in [7, 11) is 0. The van der Waals surface area contributed by atoms with Gasteiger partial charge >= 0.3 is 4.87 Å². The van der Waals surface area contributed by atoms with Gasteiger partial charge in [-0.3, -0.25) is 9.20 Å². The van der Waals surface area contributed by atoms with Gasteiger partial charge in [-0.2, -0.15) is 0 Å². The van der Waals surface area contributed by atoms with Crippen LogP contribution in [-0.2, 0) is 13.1 Å². The molecule has 0 aliphatic heterocycles. The highest BCUT2D eigenvalue weighted by Gasteiger charge is 2.04. The summed E-state index contributed by atoms with van der Waals surface area (Å²) in [5.41, 5.74) is 2.74. The minimum Gasteiger partial charge on any atom is -0.315 e. The van der Waals surface area contributed by atoms with Gasteiger partial charge in [0.1, 0.15) is 4.60 Å². The van der Waals surface area contributed by atoms with E-state index in [9.17, 15) is 4.79 Å². The largest absolute Gasteiger partial charge is 0.315 e. The number of hydrogen-bond acceptors (Lipinski definition) is 5. The number of imidazole rings is 1. The minimum absolute atomic E-state index is 0.0263. The van der Waals surface area contributed by atoms with Gasteiger partial charge in [0, 0.05) is 30.4 Å². The Bertz CT molecular complexity index is 762. The molecule has 0 atom stereocenters. The molecule has 0 spiro atoms. The van der Waals surface area contributed by atoms with Crippen LogP contribution in [0.1, 0.15) is 11.4 Å². The molecule has 0 amide bonds. The fraction of sp³-hybridized carbons (Fsp3) is 0.182. The highest BCUT2D eigenvalue weighted by Crippen LogP contribution is 2.10. The number of aromatic nitrogens is 4. The third-order valence-electron chi connectivity index (χ3n) is 2.63. The Labute approximate surface area is 120 Å². The zero-order chi connectivity index (χ0) is 13.2. The second-order valence-corrected chi connectivity index (χ2v) is 5.62. The van der Waals surface area contributed by atoms with E-state index in [4.69, 9.17) is 0 Å². The highest BCUT2D eigenvalue weighted by atomic mass is 79.9. The maximum atomic E-state index is 11.0. The number of aromatic amines is 1. The molecular weight excluding hydrogens is 330 g/mol. The number of H-pyrrole nitrogens is 1. The van der Waals surface area contributed by atoms with Crippen LogP contribution in [0.15, 0.2) is 33.4 Å². The minimum atomic E-state index is -0.0263. The van der Waals surface area contributed by atoms with Gasteiger partial charge < -0.3 is 10.3 Å². The number of thiazole rings is 1. The van der Waals surface area contributed by atoms with Crippen LogP contribution in [0.5, 0.6) is 0 Å². The lowest BCUT2D eigenvalue weighted by Crippen LogP contribution is -2.15. The first-order chi connectivity index (χ1) is 9.22. The van der Waals surface area contributed by atoms with Crippen LogP contribution in [0.3, 0.4) is 0 Å². The lowest BCUT2D eigenvalue weighted by Gasteiger charge is -2.03. The van der Waals surface area contributed by atoms with Crippen molar-refractivity contribution in [2.24, 2.45) is 0 Å². The molecule has 3 rings (SSSR count). The van der Waals surface area contributed by atoms with Crippen LogP contribution in [-0.4, -0.2) is 19.4 Å². The number of halogens is 1. The Hall–Kier alpha value is -1.51. The molecule has 0 radical (unpaired) electrons.